The van der Waals surface area contributed by atoms with E-state index in [0.717, 1.165) is 61.4 Å². The number of aliphatic imine (C=N–C) groups is 1. The molecule has 0 unspecified atom stereocenters. The van der Waals surface area contributed by atoms with E-state index in [1.807, 2.05) is 30.3 Å². The number of piperazine rings is 1. The second-order valence-corrected chi connectivity index (χ2v) is 9.49. The first-order valence-electron chi connectivity index (χ1n) is 9.62. The van der Waals surface area contributed by atoms with Gasteiger partial charge in [0, 0.05) is 46.0 Å². The molecule has 29 heavy (non-hydrogen) atoms. The molecule has 1 fully saturated rings. The zero-order chi connectivity index (χ0) is 20.9. The first-order valence-corrected chi connectivity index (χ1v) is 11.9. The first-order chi connectivity index (χ1) is 13.9. The minimum atomic E-state index is -3.15. The predicted octanol–water partition coefficient (Wildman–Crippen LogP) is 2.68. The van der Waals surface area contributed by atoms with E-state index in [1.165, 1.54) is 6.26 Å². The Balaban J connectivity index is 1.49. The summed E-state index contributed by atoms with van der Waals surface area (Å²) >= 11 is 6.32. The minimum absolute atomic E-state index is 0.349. The van der Waals surface area contributed by atoms with Crippen molar-refractivity contribution in [2.75, 3.05) is 50.9 Å². The highest BCUT2D eigenvalue weighted by atomic mass is 35.5. The van der Waals surface area contributed by atoms with Gasteiger partial charge >= 0.3 is 0 Å². The van der Waals surface area contributed by atoms with E-state index >= 15 is 0 Å². The number of sulfone groups is 1. The van der Waals surface area contributed by atoms with Crippen LogP contribution in [0.1, 0.15) is 5.56 Å². The second-order valence-electron chi connectivity index (χ2n) is 7.07. The highest BCUT2D eigenvalue weighted by molar-refractivity contribution is 7.90. The van der Waals surface area contributed by atoms with Gasteiger partial charge in [-0.2, -0.15) is 0 Å². The van der Waals surface area contributed by atoms with Crippen LogP contribution in [0.4, 0.5) is 5.69 Å². The van der Waals surface area contributed by atoms with Crippen molar-refractivity contribution in [2.24, 2.45) is 4.99 Å². The van der Waals surface area contributed by atoms with Crippen LogP contribution < -0.4 is 10.2 Å². The normalized spacial score (nSPS) is 15.5. The third-order valence-electron chi connectivity index (χ3n) is 5.03. The van der Waals surface area contributed by atoms with Crippen molar-refractivity contribution in [3.05, 3.63) is 59.1 Å². The van der Waals surface area contributed by atoms with Crippen LogP contribution in [0.5, 0.6) is 0 Å². The number of nitrogens with one attached hydrogen (secondary N) is 1. The maximum absolute atomic E-state index is 11.5. The van der Waals surface area contributed by atoms with Crippen LogP contribution in [0, 0.1) is 0 Å². The summed E-state index contributed by atoms with van der Waals surface area (Å²) in [5.74, 6) is 0.886. The minimum Gasteiger partial charge on any atom is -0.367 e. The number of hydrogen-bond donors (Lipinski definition) is 1. The van der Waals surface area contributed by atoms with Crippen molar-refractivity contribution in [1.29, 1.82) is 0 Å². The quantitative estimate of drug-likeness (QED) is 0.579. The molecule has 156 valence electrons. The average molecular weight is 435 g/mol. The Labute approximate surface area is 178 Å². The van der Waals surface area contributed by atoms with Crippen molar-refractivity contribution in [3.8, 4) is 0 Å². The highest BCUT2D eigenvalue weighted by Crippen LogP contribution is 2.26. The van der Waals surface area contributed by atoms with Gasteiger partial charge in [0.2, 0.25) is 0 Å². The Bertz CT molecular complexity index is 953. The van der Waals surface area contributed by atoms with Gasteiger partial charge in [-0.05, 0) is 36.2 Å². The molecule has 8 heteroatoms. The molecule has 0 spiro atoms. The van der Waals surface area contributed by atoms with Crippen molar-refractivity contribution >= 4 is 33.1 Å². The molecular weight excluding hydrogens is 408 g/mol. The number of guanidine groups is 1. The van der Waals surface area contributed by atoms with Crippen molar-refractivity contribution in [2.45, 2.75) is 11.3 Å². The van der Waals surface area contributed by atoms with Gasteiger partial charge in [-0.1, -0.05) is 35.9 Å². The summed E-state index contributed by atoms with van der Waals surface area (Å²) in [5, 5.41) is 4.19. The molecule has 2 aromatic rings. The molecule has 0 bridgehead atoms. The lowest BCUT2D eigenvalue weighted by Crippen LogP contribution is -2.52. The second kappa shape index (κ2) is 9.50. The van der Waals surface area contributed by atoms with E-state index in [1.54, 1.807) is 19.2 Å². The third kappa shape index (κ3) is 5.64. The molecule has 2 aromatic carbocycles. The fraction of sp³-hybridized carbons (Fsp3) is 0.381. The predicted molar refractivity (Wildman–Crippen MR) is 120 cm³/mol. The summed E-state index contributed by atoms with van der Waals surface area (Å²) in [5.41, 5.74) is 2.16. The number of halogens is 1. The smallest absolute Gasteiger partial charge is 0.193 e. The molecule has 0 radical (unpaired) electrons. The van der Waals surface area contributed by atoms with Gasteiger partial charge in [0.1, 0.15) is 0 Å². The number of nitrogens with zero attached hydrogens (tertiary/aromatic N) is 3. The van der Waals surface area contributed by atoms with Crippen LogP contribution in [-0.4, -0.2) is 65.3 Å². The molecule has 0 atom stereocenters. The Morgan fingerprint density at radius 1 is 1.07 bits per heavy atom. The maximum Gasteiger partial charge on any atom is 0.193 e. The topological polar surface area (TPSA) is 65.0 Å². The molecular formula is C21H27ClN4O2S. The Morgan fingerprint density at radius 2 is 1.72 bits per heavy atom. The van der Waals surface area contributed by atoms with Crippen LogP contribution in [-0.2, 0) is 16.3 Å². The fourth-order valence-electron chi connectivity index (χ4n) is 3.42. The van der Waals surface area contributed by atoms with Crippen LogP contribution in [0.2, 0.25) is 5.02 Å². The number of anilines is 1. The Kier molecular flexibility index (Phi) is 7.03. The van der Waals surface area contributed by atoms with Gasteiger partial charge in [-0.15, -0.1) is 0 Å². The average Bonchev–Trinajstić information content (AvgIpc) is 2.72. The molecule has 0 saturated carbocycles. The van der Waals surface area contributed by atoms with Crippen LogP contribution in [0.15, 0.2) is 58.4 Å². The number of hydrogen-bond acceptors (Lipinski definition) is 4. The number of rotatable bonds is 5. The lowest BCUT2D eigenvalue weighted by atomic mass is 10.1. The van der Waals surface area contributed by atoms with Crippen LogP contribution in [0.25, 0.3) is 0 Å². The lowest BCUT2D eigenvalue weighted by Gasteiger charge is -2.38. The van der Waals surface area contributed by atoms with Gasteiger partial charge in [-0.25, -0.2) is 8.42 Å². The summed E-state index contributed by atoms with van der Waals surface area (Å²) in [4.78, 5) is 9.31. The van der Waals surface area contributed by atoms with Crippen LogP contribution >= 0.6 is 11.6 Å². The van der Waals surface area contributed by atoms with Crippen LogP contribution in [0.3, 0.4) is 0 Å². The molecule has 1 aliphatic rings. The molecule has 1 heterocycles. The summed E-state index contributed by atoms with van der Waals surface area (Å²) in [6, 6.07) is 15.0. The van der Waals surface area contributed by atoms with Gasteiger partial charge in [0.05, 0.1) is 15.6 Å². The van der Waals surface area contributed by atoms with Crippen molar-refractivity contribution in [3.63, 3.8) is 0 Å². The van der Waals surface area contributed by atoms with E-state index in [4.69, 9.17) is 11.6 Å². The molecule has 0 amide bonds. The van der Waals surface area contributed by atoms with Gasteiger partial charge in [0.25, 0.3) is 0 Å². The van der Waals surface area contributed by atoms with E-state index in [2.05, 4.69) is 26.2 Å². The molecule has 0 aromatic heterocycles. The SMILES string of the molecule is CN=C(NCCc1ccc(S(C)(=O)=O)cc1)N1CCN(c2ccccc2Cl)CC1. The van der Waals surface area contributed by atoms with E-state index in [0.29, 0.717) is 4.90 Å². The van der Waals surface area contributed by atoms with Gasteiger partial charge in [0.15, 0.2) is 15.8 Å². The first kappa shape index (κ1) is 21.5. The van der Waals surface area contributed by atoms with Crippen molar-refractivity contribution < 1.29 is 8.42 Å². The summed E-state index contributed by atoms with van der Waals surface area (Å²) < 4.78 is 23.1. The molecule has 1 N–H and O–H groups in total. The number of benzene rings is 2. The zero-order valence-corrected chi connectivity index (χ0v) is 18.4. The fourth-order valence-corrected chi connectivity index (χ4v) is 4.31. The zero-order valence-electron chi connectivity index (χ0n) is 16.8. The van der Waals surface area contributed by atoms with Gasteiger partial charge < -0.3 is 15.1 Å². The summed E-state index contributed by atoms with van der Waals surface area (Å²) in [6.45, 7) is 4.24. The Hall–Kier alpha value is -2.25. The van der Waals surface area contributed by atoms with Crippen molar-refractivity contribution in [1.82, 2.24) is 10.2 Å². The van der Waals surface area contributed by atoms with Gasteiger partial charge in [-0.3, -0.25) is 4.99 Å². The highest BCUT2D eigenvalue weighted by Gasteiger charge is 2.20. The molecule has 3 rings (SSSR count). The molecule has 6 nitrogen and oxygen atoms in total. The van der Waals surface area contributed by atoms with E-state index in [9.17, 15) is 8.42 Å². The summed E-state index contributed by atoms with van der Waals surface area (Å²) in [6.07, 6.45) is 2.02. The number of para-hydroxylation sites is 1. The lowest BCUT2D eigenvalue weighted by molar-refractivity contribution is 0.373. The van der Waals surface area contributed by atoms with E-state index in [-0.39, 0.29) is 0 Å². The molecule has 0 aliphatic carbocycles. The van der Waals surface area contributed by atoms with E-state index < -0.39 is 9.84 Å². The third-order valence-corrected chi connectivity index (χ3v) is 6.48. The maximum atomic E-state index is 11.5. The Morgan fingerprint density at radius 3 is 2.31 bits per heavy atom. The molecule has 1 saturated heterocycles. The monoisotopic (exact) mass is 434 g/mol. The largest absolute Gasteiger partial charge is 0.367 e. The standard InChI is InChI=1S/C21H27ClN4O2S/c1-23-21(24-12-11-17-7-9-18(10-8-17)29(2,27)28)26-15-13-25(14-16-26)20-6-4-3-5-19(20)22/h3-10H,11-16H2,1-2H3,(H,23,24). The summed E-state index contributed by atoms with van der Waals surface area (Å²) in [7, 11) is -1.36. The molecule has 1 aliphatic heterocycles.